The molecule has 3 heterocycles. The van der Waals surface area contributed by atoms with Gasteiger partial charge in [-0.15, -0.1) is 5.10 Å². The highest BCUT2D eigenvalue weighted by Gasteiger charge is 2.38. The normalized spacial score (nSPS) is 18.1. The van der Waals surface area contributed by atoms with Gasteiger partial charge in [0.25, 0.3) is 10.0 Å². The minimum atomic E-state index is -3.84. The number of sulfonamides is 1. The molecule has 1 saturated heterocycles. The first-order valence-electron chi connectivity index (χ1n) is 12.0. The quantitative estimate of drug-likeness (QED) is 0.410. The number of aromatic nitrogens is 5. The van der Waals surface area contributed by atoms with Crippen LogP contribution in [0.25, 0.3) is 16.6 Å². The highest BCUT2D eigenvalue weighted by molar-refractivity contribution is 7.89. The van der Waals surface area contributed by atoms with Crippen LogP contribution in [-0.4, -0.2) is 79.3 Å². The molecule has 1 aliphatic heterocycles. The number of aliphatic hydroxyl groups is 1. The van der Waals surface area contributed by atoms with Crippen molar-refractivity contribution in [2.75, 3.05) is 26.2 Å². The molecule has 0 aliphatic carbocycles. The third-order valence-corrected chi connectivity index (χ3v) is 8.34. The molecule has 0 radical (unpaired) electrons. The molecule has 5 rings (SSSR count). The van der Waals surface area contributed by atoms with Crippen LogP contribution >= 0.6 is 0 Å². The third kappa shape index (κ3) is 5.01. The largest absolute Gasteiger partial charge is 0.389 e. The summed E-state index contributed by atoms with van der Waals surface area (Å²) in [7, 11) is -2.26. The molecule has 1 atom stereocenters. The Hall–Kier alpha value is -3.19. The van der Waals surface area contributed by atoms with Gasteiger partial charge in [-0.2, -0.15) is 19.3 Å². The van der Waals surface area contributed by atoms with Crippen molar-refractivity contribution in [1.82, 2.24) is 34.0 Å². The van der Waals surface area contributed by atoms with Crippen molar-refractivity contribution < 1.29 is 17.9 Å². The number of fused-ring (bicyclic) bond motifs is 1. The molecule has 0 unspecified atom stereocenters. The van der Waals surface area contributed by atoms with E-state index < -0.39 is 15.6 Å². The second-order valence-electron chi connectivity index (χ2n) is 10.1. The second kappa shape index (κ2) is 9.28. The molecule has 0 bridgehead atoms. The molecule has 196 valence electrons. The van der Waals surface area contributed by atoms with E-state index in [0.29, 0.717) is 13.1 Å². The summed E-state index contributed by atoms with van der Waals surface area (Å²) < 4.78 is 43.3. The lowest BCUT2D eigenvalue weighted by Crippen LogP contribution is -2.53. The van der Waals surface area contributed by atoms with E-state index in [1.54, 1.807) is 43.9 Å². The number of hydrogen-bond acceptors (Lipinski definition) is 7. The molecular weight excluding hydrogens is 497 g/mol. The third-order valence-electron chi connectivity index (χ3n) is 6.61. The van der Waals surface area contributed by atoms with E-state index in [2.05, 4.69) is 20.2 Å². The van der Waals surface area contributed by atoms with Gasteiger partial charge in [0.05, 0.1) is 29.2 Å². The van der Waals surface area contributed by atoms with Gasteiger partial charge in [0, 0.05) is 44.7 Å². The van der Waals surface area contributed by atoms with E-state index in [-0.39, 0.29) is 30.0 Å². The Bertz CT molecular complexity index is 1540. The fourth-order valence-electron chi connectivity index (χ4n) is 4.92. The lowest BCUT2D eigenvalue weighted by atomic mass is 9.95. The number of β-amino-alcohol motifs (C(OH)–C–C–N with tert-alkyl or cyclic N) is 1. The molecule has 2 aromatic heterocycles. The minimum absolute atomic E-state index is 0.0857. The summed E-state index contributed by atoms with van der Waals surface area (Å²) in [6.45, 7) is 6.77. The van der Waals surface area contributed by atoms with Crippen molar-refractivity contribution in [3.8, 4) is 5.69 Å². The predicted molar refractivity (Wildman–Crippen MR) is 136 cm³/mol. The Morgan fingerprint density at radius 1 is 1.11 bits per heavy atom. The number of benzene rings is 2. The van der Waals surface area contributed by atoms with Crippen LogP contribution in [0.3, 0.4) is 0 Å². The maximum Gasteiger partial charge on any atom is 0.264 e. The van der Waals surface area contributed by atoms with Crippen LogP contribution in [0.4, 0.5) is 4.39 Å². The smallest absolute Gasteiger partial charge is 0.264 e. The summed E-state index contributed by atoms with van der Waals surface area (Å²) in [5.74, 6) is -0.316. The van der Waals surface area contributed by atoms with Crippen molar-refractivity contribution in [1.29, 1.82) is 0 Å². The summed E-state index contributed by atoms with van der Waals surface area (Å²) in [4.78, 5) is 3.35. The van der Waals surface area contributed by atoms with Gasteiger partial charge in [0.15, 0.2) is 0 Å². The van der Waals surface area contributed by atoms with E-state index >= 15 is 0 Å². The van der Waals surface area contributed by atoms with Gasteiger partial charge in [-0.1, -0.05) is 0 Å². The van der Waals surface area contributed by atoms with Crippen molar-refractivity contribution in [2.45, 2.75) is 37.4 Å². The zero-order valence-corrected chi connectivity index (χ0v) is 22.0. The Kier molecular flexibility index (Phi) is 6.39. The highest BCUT2D eigenvalue weighted by atomic mass is 32.2. The second-order valence-corrected chi connectivity index (χ2v) is 12.0. The Balaban J connectivity index is 1.54. The first kappa shape index (κ1) is 25.5. The topological polar surface area (TPSA) is 109 Å². The zero-order valence-electron chi connectivity index (χ0n) is 21.2. The van der Waals surface area contributed by atoms with Gasteiger partial charge < -0.3 is 5.11 Å². The van der Waals surface area contributed by atoms with Crippen LogP contribution in [0.5, 0.6) is 0 Å². The average molecular weight is 528 g/mol. The number of halogens is 1. The number of aryl methyl sites for hydroxylation is 2. The van der Waals surface area contributed by atoms with Crippen LogP contribution in [-0.2, 0) is 17.1 Å². The van der Waals surface area contributed by atoms with Gasteiger partial charge in [0.1, 0.15) is 5.82 Å². The van der Waals surface area contributed by atoms with E-state index in [9.17, 15) is 17.9 Å². The van der Waals surface area contributed by atoms with Crippen molar-refractivity contribution in [2.24, 2.45) is 7.05 Å². The SMILES string of the molecule is Cc1cc2c(cnn2-c2ccc(F)cc2)cc1[C@H]1CN(S(=O)(=O)c2cnn(C)n2)CCN1CC(C)(C)O. The summed E-state index contributed by atoms with van der Waals surface area (Å²) in [5.41, 5.74) is 2.55. The predicted octanol–water partition coefficient (Wildman–Crippen LogP) is 2.42. The van der Waals surface area contributed by atoms with E-state index in [4.69, 9.17) is 0 Å². The van der Waals surface area contributed by atoms with Crippen molar-refractivity contribution >= 4 is 20.9 Å². The van der Waals surface area contributed by atoms with Crippen LogP contribution in [0.2, 0.25) is 0 Å². The lowest BCUT2D eigenvalue weighted by Gasteiger charge is -2.43. The first-order valence-corrected chi connectivity index (χ1v) is 13.4. The molecule has 1 fully saturated rings. The van der Waals surface area contributed by atoms with Crippen molar-refractivity contribution in [3.05, 3.63) is 65.7 Å². The first-order chi connectivity index (χ1) is 17.4. The Morgan fingerprint density at radius 3 is 2.49 bits per heavy atom. The Morgan fingerprint density at radius 2 is 1.84 bits per heavy atom. The fraction of sp³-hybridized carbons (Fsp3) is 0.400. The maximum absolute atomic E-state index is 13.4. The number of nitrogens with zero attached hydrogens (tertiary/aromatic N) is 7. The van der Waals surface area contributed by atoms with Gasteiger partial charge >= 0.3 is 0 Å². The highest BCUT2D eigenvalue weighted by Crippen LogP contribution is 2.34. The maximum atomic E-state index is 13.4. The summed E-state index contributed by atoms with van der Waals surface area (Å²) in [5, 5.41) is 23.8. The summed E-state index contributed by atoms with van der Waals surface area (Å²) in [6, 6.07) is 9.88. The van der Waals surface area contributed by atoms with Gasteiger partial charge in [0.2, 0.25) is 5.03 Å². The molecule has 0 saturated carbocycles. The molecule has 0 spiro atoms. The van der Waals surface area contributed by atoms with Crippen LogP contribution in [0.15, 0.2) is 53.8 Å². The molecule has 10 nitrogen and oxygen atoms in total. The number of hydrogen-bond donors (Lipinski definition) is 1. The Labute approximate surface area is 215 Å². The molecule has 2 aromatic carbocycles. The standard InChI is InChI=1S/C25H30FN7O3S/c1-17-11-22-18(13-28-33(22)20-7-5-19(26)6-8-20)12-21(17)23-15-32(10-9-31(23)16-25(2,3)34)37(35,36)24-14-27-30(4)29-24/h5-8,11-14,23,34H,9-10,15-16H2,1-4H3/t23-/m1/s1. The van der Waals surface area contributed by atoms with E-state index in [1.807, 2.05) is 19.1 Å². The molecule has 1 aliphatic rings. The van der Waals surface area contributed by atoms with Crippen molar-refractivity contribution in [3.63, 3.8) is 0 Å². The minimum Gasteiger partial charge on any atom is -0.389 e. The molecule has 4 aromatic rings. The summed E-state index contributed by atoms with van der Waals surface area (Å²) >= 11 is 0. The zero-order chi connectivity index (χ0) is 26.5. The molecule has 12 heteroatoms. The van der Waals surface area contributed by atoms with Gasteiger partial charge in [-0.05, 0) is 68.3 Å². The number of rotatable bonds is 6. The van der Waals surface area contributed by atoms with Crippen LogP contribution in [0, 0.1) is 12.7 Å². The number of piperazine rings is 1. The van der Waals surface area contributed by atoms with E-state index in [1.165, 1.54) is 27.4 Å². The van der Waals surface area contributed by atoms with E-state index in [0.717, 1.165) is 27.7 Å². The molecule has 0 amide bonds. The summed E-state index contributed by atoms with van der Waals surface area (Å²) in [6.07, 6.45) is 3.01. The average Bonchev–Trinajstić information content (AvgIpc) is 3.45. The van der Waals surface area contributed by atoms with Crippen LogP contribution < -0.4 is 0 Å². The van der Waals surface area contributed by atoms with Gasteiger partial charge in [-0.3, -0.25) is 4.90 Å². The monoisotopic (exact) mass is 527 g/mol. The van der Waals surface area contributed by atoms with Gasteiger partial charge in [-0.25, -0.2) is 17.5 Å². The van der Waals surface area contributed by atoms with Crippen LogP contribution in [0.1, 0.15) is 31.0 Å². The molecule has 1 N–H and O–H groups in total. The molecular formula is C25H30FN7O3S. The lowest BCUT2D eigenvalue weighted by molar-refractivity contribution is 0.00337. The molecule has 37 heavy (non-hydrogen) atoms. The fourth-order valence-corrected chi connectivity index (χ4v) is 6.24.